The first-order valence-electron chi connectivity index (χ1n) is 9.90. The molecule has 1 heterocycles. The smallest absolute Gasteiger partial charge is 0.417 e. The number of likely N-dealkylation sites (tertiary alicyclic amines) is 1. The van der Waals surface area contributed by atoms with Gasteiger partial charge in [0.1, 0.15) is 11.6 Å². The number of rotatable bonds is 4. The fourth-order valence-electron chi connectivity index (χ4n) is 4.13. The van der Waals surface area contributed by atoms with Gasteiger partial charge in [-0.2, -0.15) is 26.3 Å². The van der Waals surface area contributed by atoms with Crippen molar-refractivity contribution >= 4 is 5.91 Å². The monoisotopic (exact) mass is 478 g/mol. The summed E-state index contributed by atoms with van der Waals surface area (Å²) in [4.78, 5) is 15.1. The van der Waals surface area contributed by atoms with Crippen molar-refractivity contribution in [2.45, 2.75) is 30.7 Å². The molecule has 1 saturated heterocycles. The van der Waals surface area contributed by atoms with Gasteiger partial charge in [-0.15, -0.1) is 0 Å². The topological polar surface area (TPSA) is 41.6 Å². The summed E-state index contributed by atoms with van der Waals surface area (Å²) in [6.07, 6.45) is -9.43. The number of nitrogens with one attached hydrogen (secondary N) is 1. The van der Waals surface area contributed by atoms with Crippen LogP contribution in [0.15, 0.2) is 36.4 Å². The summed E-state index contributed by atoms with van der Waals surface area (Å²) < 4.78 is 99.0. The number of nitrogens with zero attached hydrogens (tertiary/aromatic N) is 1. The van der Waals surface area contributed by atoms with Crippen molar-refractivity contribution in [1.29, 1.82) is 0 Å². The zero-order valence-corrected chi connectivity index (χ0v) is 17.7. The first-order chi connectivity index (χ1) is 15.3. The van der Waals surface area contributed by atoms with Gasteiger partial charge in [-0.1, -0.05) is 12.1 Å². The van der Waals surface area contributed by atoms with Crippen molar-refractivity contribution < 1.29 is 40.3 Å². The van der Waals surface area contributed by atoms with E-state index >= 15 is 0 Å². The van der Waals surface area contributed by atoms with Crippen LogP contribution in [0, 0.1) is 5.82 Å². The highest BCUT2D eigenvalue weighted by molar-refractivity contribution is 5.99. The van der Waals surface area contributed by atoms with Crippen LogP contribution in [0.25, 0.3) is 0 Å². The van der Waals surface area contributed by atoms with E-state index in [4.69, 9.17) is 4.74 Å². The lowest BCUT2D eigenvalue weighted by molar-refractivity contribution is -0.143. The molecule has 0 radical (unpaired) electrons. The van der Waals surface area contributed by atoms with E-state index < -0.39 is 52.1 Å². The Morgan fingerprint density at radius 1 is 1.06 bits per heavy atom. The number of alkyl halides is 6. The van der Waals surface area contributed by atoms with Crippen LogP contribution in [-0.4, -0.2) is 38.1 Å². The highest BCUT2D eigenvalue weighted by Crippen LogP contribution is 2.42. The Labute approximate surface area is 185 Å². The molecule has 0 bridgehead atoms. The molecule has 2 aromatic carbocycles. The Morgan fingerprint density at radius 2 is 1.70 bits per heavy atom. The van der Waals surface area contributed by atoms with Crippen molar-refractivity contribution in [2.24, 2.45) is 0 Å². The minimum atomic E-state index is -5.26. The molecule has 1 atom stereocenters. The number of carbonyl (C=O) groups excluding carboxylic acids is 1. The van der Waals surface area contributed by atoms with Crippen molar-refractivity contribution in [3.63, 3.8) is 0 Å². The number of benzene rings is 2. The SMILES string of the molecule is COc1cc(C(F)(F)F)cc(C(F)(F)F)c1C(=O)NC1(c2ccc(F)cc2)CCCN(C)C1. The number of carbonyl (C=O) groups is 1. The molecule has 3 rings (SSSR count). The summed E-state index contributed by atoms with van der Waals surface area (Å²) >= 11 is 0. The van der Waals surface area contributed by atoms with Gasteiger partial charge in [0.05, 0.1) is 29.3 Å². The van der Waals surface area contributed by atoms with E-state index in [9.17, 15) is 35.5 Å². The van der Waals surface area contributed by atoms with E-state index in [-0.39, 0.29) is 12.6 Å². The largest absolute Gasteiger partial charge is 0.496 e. The summed E-state index contributed by atoms with van der Waals surface area (Å²) in [7, 11) is 2.64. The molecular weight excluding hydrogens is 457 g/mol. The lowest BCUT2D eigenvalue weighted by Crippen LogP contribution is -2.55. The first kappa shape index (κ1) is 24.8. The zero-order chi connectivity index (χ0) is 24.6. The summed E-state index contributed by atoms with van der Waals surface area (Å²) in [6.45, 7) is 0.866. The molecule has 2 aromatic rings. The highest BCUT2D eigenvalue weighted by Gasteiger charge is 2.44. The molecule has 1 N–H and O–H groups in total. The molecule has 0 aromatic heterocycles. The van der Waals surface area contributed by atoms with Crippen LogP contribution >= 0.6 is 0 Å². The van der Waals surface area contributed by atoms with Crippen LogP contribution < -0.4 is 10.1 Å². The molecule has 0 saturated carbocycles. The lowest BCUT2D eigenvalue weighted by atomic mass is 9.81. The maximum atomic E-state index is 13.7. The Hall–Kier alpha value is -2.82. The Bertz CT molecular complexity index is 1020. The standard InChI is InChI=1S/C22H21F7N2O2/c1-31-9-3-8-20(12-31,13-4-6-15(23)7-5-13)30-19(32)18-16(22(27,28)29)10-14(21(24,25)26)11-17(18)33-2/h4-7,10-11H,3,8-9,12H2,1-2H3,(H,30,32). The fourth-order valence-corrected chi connectivity index (χ4v) is 4.13. The van der Waals surface area contributed by atoms with E-state index in [0.29, 0.717) is 31.0 Å². The molecule has 33 heavy (non-hydrogen) atoms. The Kier molecular flexibility index (Phi) is 6.65. The van der Waals surface area contributed by atoms with Gasteiger partial charge in [-0.3, -0.25) is 4.79 Å². The van der Waals surface area contributed by atoms with Crippen LogP contribution in [-0.2, 0) is 17.9 Å². The summed E-state index contributed by atoms with van der Waals surface area (Å²) in [6, 6.07) is 5.43. The van der Waals surface area contributed by atoms with Crippen molar-refractivity contribution in [3.05, 3.63) is 64.5 Å². The molecule has 11 heteroatoms. The number of hydrogen-bond acceptors (Lipinski definition) is 3. The van der Waals surface area contributed by atoms with E-state index in [1.165, 1.54) is 12.1 Å². The number of amides is 1. The summed E-state index contributed by atoms with van der Waals surface area (Å²) in [5, 5.41) is 2.60. The van der Waals surface area contributed by atoms with E-state index in [1.807, 2.05) is 4.90 Å². The fraction of sp³-hybridized carbons (Fsp3) is 0.409. The van der Waals surface area contributed by atoms with Gasteiger partial charge in [0.25, 0.3) is 5.91 Å². The molecule has 1 aliphatic rings. The summed E-state index contributed by atoms with van der Waals surface area (Å²) in [5.74, 6) is -2.63. The lowest BCUT2D eigenvalue weighted by Gasteiger charge is -2.42. The molecule has 1 unspecified atom stereocenters. The predicted octanol–water partition coefficient (Wildman–Crippen LogP) is 5.22. The minimum absolute atomic E-state index is 0.102. The molecule has 180 valence electrons. The van der Waals surface area contributed by atoms with Crippen LogP contribution in [0.1, 0.15) is 39.9 Å². The average molecular weight is 478 g/mol. The zero-order valence-electron chi connectivity index (χ0n) is 17.7. The molecule has 1 amide bonds. The summed E-state index contributed by atoms with van der Waals surface area (Å²) in [5.41, 5.74) is -5.12. The third-order valence-electron chi connectivity index (χ3n) is 5.61. The van der Waals surface area contributed by atoms with Crippen LogP contribution in [0.5, 0.6) is 5.75 Å². The van der Waals surface area contributed by atoms with E-state index in [0.717, 1.165) is 19.2 Å². The number of ether oxygens (including phenoxy) is 1. The third-order valence-corrected chi connectivity index (χ3v) is 5.61. The molecule has 4 nitrogen and oxygen atoms in total. The van der Waals surface area contributed by atoms with Crippen molar-refractivity contribution in [2.75, 3.05) is 27.2 Å². The Morgan fingerprint density at radius 3 is 2.21 bits per heavy atom. The maximum absolute atomic E-state index is 13.7. The maximum Gasteiger partial charge on any atom is 0.417 e. The highest BCUT2D eigenvalue weighted by atomic mass is 19.4. The van der Waals surface area contributed by atoms with Gasteiger partial charge in [0.15, 0.2) is 0 Å². The molecule has 0 aliphatic carbocycles. The van der Waals surface area contributed by atoms with Gasteiger partial charge in [0, 0.05) is 6.54 Å². The van der Waals surface area contributed by atoms with Gasteiger partial charge in [-0.25, -0.2) is 4.39 Å². The van der Waals surface area contributed by atoms with E-state index in [2.05, 4.69) is 5.32 Å². The normalized spacial score (nSPS) is 19.9. The van der Waals surface area contributed by atoms with Crippen LogP contribution in [0.4, 0.5) is 30.7 Å². The van der Waals surface area contributed by atoms with Gasteiger partial charge in [0.2, 0.25) is 0 Å². The molecule has 1 fully saturated rings. The molecular formula is C22H21F7N2O2. The van der Waals surface area contributed by atoms with Crippen molar-refractivity contribution in [3.8, 4) is 5.75 Å². The van der Waals surface area contributed by atoms with E-state index in [1.54, 1.807) is 7.05 Å². The number of likely N-dealkylation sites (N-methyl/N-ethyl adjacent to an activating group) is 1. The quantitative estimate of drug-likeness (QED) is 0.613. The van der Waals surface area contributed by atoms with Crippen LogP contribution in [0.3, 0.4) is 0 Å². The second-order valence-corrected chi connectivity index (χ2v) is 7.98. The average Bonchev–Trinajstić information content (AvgIpc) is 2.71. The number of hydrogen-bond donors (Lipinski definition) is 1. The second kappa shape index (κ2) is 8.85. The van der Waals surface area contributed by atoms with Crippen molar-refractivity contribution in [1.82, 2.24) is 10.2 Å². The molecule has 1 aliphatic heterocycles. The second-order valence-electron chi connectivity index (χ2n) is 7.98. The number of methoxy groups -OCH3 is 1. The van der Waals surface area contributed by atoms with Gasteiger partial charge in [-0.05, 0) is 56.3 Å². The predicted molar refractivity (Wildman–Crippen MR) is 105 cm³/mol. The third kappa shape index (κ3) is 5.23. The van der Waals surface area contributed by atoms with Gasteiger partial charge >= 0.3 is 12.4 Å². The Balaban J connectivity index is 2.13. The number of halogens is 7. The molecule has 0 spiro atoms. The van der Waals surface area contributed by atoms with Crippen LogP contribution in [0.2, 0.25) is 0 Å². The number of piperidine rings is 1. The first-order valence-corrected chi connectivity index (χ1v) is 9.90. The van der Waals surface area contributed by atoms with Gasteiger partial charge < -0.3 is 15.0 Å². The minimum Gasteiger partial charge on any atom is -0.496 e.